The predicted molar refractivity (Wildman–Crippen MR) is 162 cm³/mol. The van der Waals surface area contributed by atoms with Crippen molar-refractivity contribution in [2.75, 3.05) is 32.8 Å². The van der Waals surface area contributed by atoms with Crippen LogP contribution in [0.1, 0.15) is 5.69 Å². The molecule has 5 aromatic rings. The number of benzene rings is 3. The number of aromatic nitrogens is 2. The number of pyridine rings is 1. The van der Waals surface area contributed by atoms with Gasteiger partial charge in [-0.15, -0.1) is 0 Å². The Morgan fingerprint density at radius 3 is 2.36 bits per heavy atom. The summed E-state index contributed by atoms with van der Waals surface area (Å²) in [6.07, 6.45) is 2.07. The predicted octanol–water partition coefficient (Wildman–Crippen LogP) is 5.95. The number of nitro benzene ring substituents is 1. The van der Waals surface area contributed by atoms with Crippen molar-refractivity contribution in [3.63, 3.8) is 0 Å². The number of ether oxygens (including phenoxy) is 1. The van der Waals surface area contributed by atoms with Crippen LogP contribution in [-0.2, 0) is 11.3 Å². The van der Waals surface area contributed by atoms with E-state index in [9.17, 15) is 14.9 Å². The van der Waals surface area contributed by atoms with Crippen LogP contribution in [0.2, 0.25) is 5.02 Å². The number of nitrogens with zero attached hydrogens (tertiary/aromatic N) is 5. The number of amides is 1. The molecule has 0 spiro atoms. The van der Waals surface area contributed by atoms with Crippen LogP contribution in [0.15, 0.2) is 97.2 Å². The highest BCUT2D eigenvalue weighted by Gasteiger charge is 2.25. The van der Waals surface area contributed by atoms with Crippen molar-refractivity contribution < 1.29 is 14.5 Å². The van der Waals surface area contributed by atoms with E-state index in [0.717, 1.165) is 22.5 Å². The molecule has 3 heterocycles. The highest BCUT2D eigenvalue weighted by molar-refractivity contribution is 6.30. The third-order valence-electron chi connectivity index (χ3n) is 7.43. The minimum Gasteiger partial charge on any atom is -0.484 e. The molecule has 1 fully saturated rings. The van der Waals surface area contributed by atoms with Gasteiger partial charge < -0.3 is 14.0 Å². The summed E-state index contributed by atoms with van der Waals surface area (Å²) in [7, 11) is 0. The van der Waals surface area contributed by atoms with Crippen molar-refractivity contribution in [2.45, 2.75) is 6.54 Å². The van der Waals surface area contributed by atoms with Gasteiger partial charge in [0.25, 0.3) is 11.6 Å². The zero-order valence-electron chi connectivity index (χ0n) is 22.7. The van der Waals surface area contributed by atoms with Crippen molar-refractivity contribution in [1.82, 2.24) is 19.2 Å². The lowest BCUT2D eigenvalue weighted by molar-refractivity contribution is -0.384. The molecule has 1 aliphatic heterocycles. The van der Waals surface area contributed by atoms with Crippen molar-refractivity contribution in [3.05, 3.63) is 118 Å². The number of hydrogen-bond acceptors (Lipinski definition) is 6. The maximum atomic E-state index is 12.8. The van der Waals surface area contributed by atoms with Crippen LogP contribution in [0.3, 0.4) is 0 Å². The zero-order chi connectivity index (χ0) is 29.1. The Kier molecular flexibility index (Phi) is 7.85. The van der Waals surface area contributed by atoms with E-state index in [1.54, 1.807) is 36.4 Å². The second-order valence-electron chi connectivity index (χ2n) is 10.1. The Balaban J connectivity index is 1.23. The van der Waals surface area contributed by atoms with Gasteiger partial charge in [-0.3, -0.25) is 19.8 Å². The lowest BCUT2D eigenvalue weighted by Crippen LogP contribution is -2.49. The molecular weight excluding hydrogens is 554 g/mol. The zero-order valence-corrected chi connectivity index (χ0v) is 23.5. The van der Waals surface area contributed by atoms with Crippen molar-refractivity contribution >= 4 is 28.8 Å². The summed E-state index contributed by atoms with van der Waals surface area (Å²) in [6, 6.07) is 27.7. The number of halogens is 1. The number of imidazole rings is 1. The molecule has 1 saturated heterocycles. The lowest BCUT2D eigenvalue weighted by Gasteiger charge is -2.34. The molecular formula is C32H28ClN5O4. The van der Waals surface area contributed by atoms with Crippen molar-refractivity contribution in [2.24, 2.45) is 0 Å². The van der Waals surface area contributed by atoms with Crippen LogP contribution in [0.5, 0.6) is 5.75 Å². The summed E-state index contributed by atoms with van der Waals surface area (Å²) in [5.74, 6) is 0.534. The van der Waals surface area contributed by atoms with E-state index in [-0.39, 0.29) is 23.1 Å². The standard InChI is InChI=1S/C32H28ClN5O4/c33-26-10-12-28(13-11-26)42-22-31(39)36-17-15-35(16-18-36)21-29-32(24-7-4-8-27(19-24)38(40)41)34-30-14-9-25(20-37(29)30)23-5-2-1-3-6-23/h1-14,19-20H,15-18,21-22H2. The van der Waals surface area contributed by atoms with Gasteiger partial charge in [-0.1, -0.05) is 54.1 Å². The van der Waals surface area contributed by atoms with Crippen molar-refractivity contribution in [3.8, 4) is 28.1 Å². The number of rotatable bonds is 8. The lowest BCUT2D eigenvalue weighted by atomic mass is 10.1. The molecule has 42 heavy (non-hydrogen) atoms. The molecule has 1 amide bonds. The van der Waals surface area contributed by atoms with Gasteiger partial charge in [0.05, 0.1) is 16.3 Å². The molecule has 10 heteroatoms. The number of carbonyl (C=O) groups excluding carboxylic acids is 1. The number of fused-ring (bicyclic) bond motifs is 1. The Morgan fingerprint density at radius 1 is 0.881 bits per heavy atom. The molecule has 1 aliphatic rings. The summed E-state index contributed by atoms with van der Waals surface area (Å²) in [6.45, 7) is 3.02. The van der Waals surface area contributed by atoms with E-state index in [0.29, 0.717) is 54.8 Å². The van der Waals surface area contributed by atoms with Crippen LogP contribution in [0.4, 0.5) is 5.69 Å². The van der Waals surface area contributed by atoms with E-state index < -0.39 is 0 Å². The smallest absolute Gasteiger partial charge is 0.270 e. The first-order valence-electron chi connectivity index (χ1n) is 13.6. The van der Waals surface area contributed by atoms with Gasteiger partial charge in [0.1, 0.15) is 11.4 Å². The van der Waals surface area contributed by atoms with Gasteiger partial charge in [0.2, 0.25) is 0 Å². The third-order valence-corrected chi connectivity index (χ3v) is 7.68. The second kappa shape index (κ2) is 12.0. The first-order chi connectivity index (χ1) is 20.4. The quantitative estimate of drug-likeness (QED) is 0.166. The number of piperazine rings is 1. The van der Waals surface area contributed by atoms with Crippen LogP contribution in [-0.4, -0.2) is 62.8 Å². The number of hydrogen-bond donors (Lipinski definition) is 0. The van der Waals surface area contributed by atoms with Crippen LogP contribution >= 0.6 is 11.6 Å². The van der Waals surface area contributed by atoms with Gasteiger partial charge in [-0.05, 0) is 47.5 Å². The maximum Gasteiger partial charge on any atom is 0.270 e. The number of non-ortho nitro benzene ring substituents is 1. The summed E-state index contributed by atoms with van der Waals surface area (Å²) >= 11 is 5.92. The molecule has 212 valence electrons. The van der Waals surface area contributed by atoms with E-state index >= 15 is 0 Å². The number of carbonyl (C=O) groups is 1. The monoisotopic (exact) mass is 581 g/mol. The topological polar surface area (TPSA) is 93.2 Å². The Hall–Kier alpha value is -4.73. The minimum absolute atomic E-state index is 0.0217. The van der Waals surface area contributed by atoms with Gasteiger partial charge >= 0.3 is 0 Å². The van der Waals surface area contributed by atoms with Gasteiger partial charge in [0.15, 0.2) is 6.61 Å². The summed E-state index contributed by atoms with van der Waals surface area (Å²) in [5.41, 5.74) is 5.25. The van der Waals surface area contributed by atoms with Crippen molar-refractivity contribution in [1.29, 1.82) is 0 Å². The summed E-state index contributed by atoms with van der Waals surface area (Å²) < 4.78 is 7.73. The maximum absolute atomic E-state index is 12.8. The van der Waals surface area contributed by atoms with Crippen LogP contribution < -0.4 is 4.74 Å². The largest absolute Gasteiger partial charge is 0.484 e. The normalized spacial score (nSPS) is 13.8. The molecule has 0 N–H and O–H groups in total. The SMILES string of the molecule is O=C(COc1ccc(Cl)cc1)N1CCN(Cc2c(-c3cccc([N+](=O)[O-])c3)nc3ccc(-c4ccccc4)cn23)CC1. The fourth-order valence-corrected chi connectivity index (χ4v) is 5.30. The fourth-order valence-electron chi connectivity index (χ4n) is 5.18. The van der Waals surface area contributed by atoms with E-state index in [4.69, 9.17) is 21.3 Å². The Labute approximate surface area is 247 Å². The first kappa shape index (κ1) is 27.4. The molecule has 0 atom stereocenters. The average molecular weight is 582 g/mol. The summed E-state index contributed by atoms with van der Waals surface area (Å²) in [5, 5.41) is 12.1. The van der Waals surface area contributed by atoms with Gasteiger partial charge in [-0.25, -0.2) is 4.98 Å². The van der Waals surface area contributed by atoms with Crippen LogP contribution in [0, 0.1) is 10.1 Å². The summed E-state index contributed by atoms with van der Waals surface area (Å²) in [4.78, 5) is 33.0. The average Bonchev–Trinajstić information content (AvgIpc) is 3.39. The highest BCUT2D eigenvalue weighted by Crippen LogP contribution is 2.30. The fraction of sp³-hybridized carbons (Fsp3) is 0.188. The molecule has 3 aromatic carbocycles. The Bertz CT molecular complexity index is 1730. The second-order valence-corrected chi connectivity index (χ2v) is 10.6. The molecule has 0 unspecified atom stereocenters. The molecule has 0 bridgehead atoms. The van der Waals surface area contributed by atoms with E-state index in [1.807, 2.05) is 41.3 Å². The van der Waals surface area contributed by atoms with E-state index in [2.05, 4.69) is 27.6 Å². The highest BCUT2D eigenvalue weighted by atomic mass is 35.5. The first-order valence-corrected chi connectivity index (χ1v) is 14.0. The van der Waals surface area contributed by atoms with E-state index in [1.165, 1.54) is 6.07 Å². The van der Waals surface area contributed by atoms with Gasteiger partial charge in [-0.2, -0.15) is 0 Å². The Morgan fingerprint density at radius 2 is 1.62 bits per heavy atom. The third kappa shape index (κ3) is 5.97. The van der Waals surface area contributed by atoms with Gasteiger partial charge in [0, 0.05) is 61.6 Å². The molecule has 6 rings (SSSR count). The molecule has 2 aromatic heterocycles. The minimum atomic E-state index is -0.390. The van der Waals surface area contributed by atoms with Crippen LogP contribution in [0.25, 0.3) is 28.0 Å². The molecule has 0 saturated carbocycles. The molecule has 0 radical (unpaired) electrons. The number of nitro groups is 1. The molecule has 9 nitrogen and oxygen atoms in total. The molecule has 0 aliphatic carbocycles.